The Morgan fingerprint density at radius 1 is 1.53 bits per heavy atom. The summed E-state index contributed by atoms with van der Waals surface area (Å²) in [5, 5.41) is 5.58. The van der Waals surface area contributed by atoms with Crippen LogP contribution in [0.3, 0.4) is 0 Å². The molecule has 0 spiro atoms. The van der Waals surface area contributed by atoms with Crippen LogP contribution in [0, 0.1) is 0 Å². The number of halogens is 4. The Morgan fingerprint density at radius 3 is 2.53 bits per heavy atom. The van der Waals surface area contributed by atoms with E-state index < -0.39 is 24.3 Å². The largest absolute Gasteiger partial charge is 0.383 e. The number of hydrogen-bond donors (Lipinski definition) is 1. The second-order valence-corrected chi connectivity index (χ2v) is 3.57. The van der Waals surface area contributed by atoms with Gasteiger partial charge >= 0.3 is 12.3 Å². The molecular formula is C9H11F4N3O. The summed E-state index contributed by atoms with van der Waals surface area (Å²) in [6.45, 7) is 1.40. The average Bonchev–Trinajstić information content (AvgIpc) is 2.64. The van der Waals surface area contributed by atoms with Gasteiger partial charge in [0, 0.05) is 18.8 Å². The molecule has 0 aliphatic rings. The minimum absolute atomic E-state index is 0.450. The van der Waals surface area contributed by atoms with Crippen molar-refractivity contribution in [2.45, 2.75) is 25.3 Å². The van der Waals surface area contributed by atoms with Crippen LogP contribution in [0.2, 0.25) is 0 Å². The molecular weight excluding hydrogens is 242 g/mol. The molecule has 1 aromatic rings. The summed E-state index contributed by atoms with van der Waals surface area (Å²) in [6.07, 6.45) is -1.18. The summed E-state index contributed by atoms with van der Waals surface area (Å²) in [7, 11) is 1.60. The first-order valence-electron chi connectivity index (χ1n) is 4.70. The Hall–Kier alpha value is -1.60. The number of aromatic nitrogens is 2. The van der Waals surface area contributed by atoms with Crippen molar-refractivity contribution < 1.29 is 22.4 Å². The fourth-order valence-corrected chi connectivity index (χ4v) is 1.14. The van der Waals surface area contributed by atoms with E-state index in [-0.39, 0.29) is 0 Å². The van der Waals surface area contributed by atoms with E-state index in [1.165, 1.54) is 24.0 Å². The molecule has 17 heavy (non-hydrogen) atoms. The molecule has 1 amide bonds. The van der Waals surface area contributed by atoms with Gasteiger partial charge < -0.3 is 5.32 Å². The number of nitrogens with zero attached hydrogens (tertiary/aromatic N) is 2. The van der Waals surface area contributed by atoms with Crippen molar-refractivity contribution in [3.8, 4) is 0 Å². The molecule has 0 radical (unpaired) electrons. The lowest BCUT2D eigenvalue weighted by Crippen LogP contribution is -2.45. The maximum absolute atomic E-state index is 12.6. The number of nitrogens with one attached hydrogen (secondary N) is 1. The van der Waals surface area contributed by atoms with Gasteiger partial charge in [0.25, 0.3) is 5.91 Å². The van der Waals surface area contributed by atoms with Crippen molar-refractivity contribution >= 4 is 5.91 Å². The lowest BCUT2D eigenvalue weighted by Gasteiger charge is -2.18. The van der Waals surface area contributed by atoms with Gasteiger partial charge in [0.1, 0.15) is 0 Å². The van der Waals surface area contributed by atoms with E-state index in [9.17, 15) is 22.4 Å². The summed E-state index contributed by atoms with van der Waals surface area (Å²) in [5.41, 5.74) is 0.450. The summed E-state index contributed by atoms with van der Waals surface area (Å²) in [4.78, 5) is 10.9. The fourth-order valence-electron chi connectivity index (χ4n) is 1.14. The predicted octanol–water partition coefficient (Wildman–Crippen LogP) is 1.50. The van der Waals surface area contributed by atoms with Crippen LogP contribution in [0.5, 0.6) is 0 Å². The summed E-state index contributed by atoms with van der Waals surface area (Å²) < 4.78 is 50.5. The summed E-state index contributed by atoms with van der Waals surface area (Å²) in [6, 6.07) is -0.819. The third-order valence-corrected chi connectivity index (χ3v) is 2.15. The quantitative estimate of drug-likeness (QED) is 0.826. The lowest BCUT2D eigenvalue weighted by atomic mass is 10.2. The molecule has 0 bridgehead atoms. The van der Waals surface area contributed by atoms with Crippen molar-refractivity contribution in [1.82, 2.24) is 15.1 Å². The third-order valence-electron chi connectivity index (χ3n) is 2.15. The van der Waals surface area contributed by atoms with Crippen LogP contribution in [0.4, 0.5) is 17.6 Å². The molecule has 1 heterocycles. The molecule has 0 aliphatic carbocycles. The van der Waals surface area contributed by atoms with Crippen LogP contribution in [0.1, 0.15) is 18.5 Å². The van der Waals surface area contributed by atoms with Crippen LogP contribution in [-0.4, -0.2) is 28.0 Å². The second-order valence-electron chi connectivity index (χ2n) is 3.57. The Balaban J connectivity index is 2.69. The fraction of sp³-hybridized carbons (Fsp3) is 0.556. The van der Waals surface area contributed by atoms with Crippen molar-refractivity contribution in [2.75, 3.05) is 0 Å². The first-order chi connectivity index (χ1) is 7.75. The van der Waals surface area contributed by atoms with Crippen molar-refractivity contribution in [3.63, 3.8) is 0 Å². The second kappa shape index (κ2) is 4.72. The Labute approximate surface area is 94.6 Å². The zero-order valence-corrected chi connectivity index (χ0v) is 9.12. The number of rotatable bonds is 4. The number of alkyl halides is 4. The van der Waals surface area contributed by atoms with Gasteiger partial charge in [-0.15, -0.1) is 0 Å². The van der Waals surface area contributed by atoms with Gasteiger partial charge in [-0.1, -0.05) is 0 Å². The minimum Gasteiger partial charge on any atom is -0.344 e. The van der Waals surface area contributed by atoms with Gasteiger partial charge in [-0.05, 0) is 6.92 Å². The topological polar surface area (TPSA) is 46.9 Å². The zero-order valence-electron chi connectivity index (χ0n) is 9.12. The molecule has 0 saturated carbocycles. The van der Waals surface area contributed by atoms with Crippen LogP contribution in [0.15, 0.2) is 12.4 Å². The Kier molecular flexibility index (Phi) is 3.74. The highest BCUT2D eigenvalue weighted by Gasteiger charge is 2.49. The van der Waals surface area contributed by atoms with Gasteiger partial charge in [-0.25, -0.2) is 8.78 Å². The first-order valence-corrected chi connectivity index (χ1v) is 4.70. The maximum Gasteiger partial charge on any atom is 0.383 e. The number of carbonyl (C=O) groups is 1. The van der Waals surface area contributed by atoms with Crippen LogP contribution >= 0.6 is 0 Å². The molecule has 0 saturated heterocycles. The van der Waals surface area contributed by atoms with E-state index in [4.69, 9.17) is 0 Å². The van der Waals surface area contributed by atoms with E-state index in [0.717, 1.165) is 0 Å². The molecule has 1 rings (SSSR count). The van der Waals surface area contributed by atoms with E-state index in [1.807, 2.05) is 5.32 Å². The minimum atomic E-state index is -4.68. The van der Waals surface area contributed by atoms with E-state index >= 15 is 0 Å². The van der Waals surface area contributed by atoms with E-state index in [0.29, 0.717) is 5.56 Å². The summed E-state index contributed by atoms with van der Waals surface area (Å²) in [5.74, 6) is -6.68. The molecule has 4 nitrogen and oxygen atoms in total. The average molecular weight is 253 g/mol. The molecule has 8 heteroatoms. The number of amides is 1. The predicted molar refractivity (Wildman–Crippen MR) is 50.7 cm³/mol. The van der Waals surface area contributed by atoms with Crippen molar-refractivity contribution in [1.29, 1.82) is 0 Å². The highest BCUT2D eigenvalue weighted by atomic mass is 19.3. The summed E-state index contributed by atoms with van der Waals surface area (Å²) >= 11 is 0. The lowest BCUT2D eigenvalue weighted by molar-refractivity contribution is -0.170. The zero-order chi connectivity index (χ0) is 13.2. The first kappa shape index (κ1) is 13.5. The van der Waals surface area contributed by atoms with Crippen LogP contribution in [-0.2, 0) is 11.8 Å². The molecule has 0 aliphatic heterocycles. The normalized spacial score (nSPS) is 13.8. The standard InChI is InChI=1S/C9H11F4N3O/c1-5(6-3-14-16(2)4-6)15-8(17)9(12,13)7(10)11/h3-5,7H,1-2H3,(H,15,17). The number of hydrogen-bond acceptors (Lipinski definition) is 2. The number of aryl methyl sites for hydroxylation is 1. The highest BCUT2D eigenvalue weighted by Crippen LogP contribution is 2.24. The molecule has 0 fully saturated rings. The smallest absolute Gasteiger partial charge is 0.344 e. The van der Waals surface area contributed by atoms with Gasteiger partial charge in [0.05, 0.1) is 12.2 Å². The molecule has 1 aromatic heterocycles. The van der Waals surface area contributed by atoms with Crippen molar-refractivity contribution in [2.24, 2.45) is 7.05 Å². The highest BCUT2D eigenvalue weighted by molar-refractivity contribution is 5.84. The van der Waals surface area contributed by atoms with Gasteiger partial charge in [-0.2, -0.15) is 13.9 Å². The third kappa shape index (κ3) is 2.95. The van der Waals surface area contributed by atoms with Gasteiger partial charge in [0.15, 0.2) is 0 Å². The van der Waals surface area contributed by atoms with E-state index in [2.05, 4.69) is 5.10 Å². The molecule has 96 valence electrons. The maximum atomic E-state index is 12.6. The SMILES string of the molecule is CC(NC(=O)C(F)(F)C(F)F)c1cnn(C)c1. The van der Waals surface area contributed by atoms with Crippen molar-refractivity contribution in [3.05, 3.63) is 18.0 Å². The molecule has 0 aromatic carbocycles. The molecule has 1 atom stereocenters. The van der Waals surface area contributed by atoms with Gasteiger partial charge in [-0.3, -0.25) is 9.48 Å². The Morgan fingerprint density at radius 2 is 2.12 bits per heavy atom. The van der Waals surface area contributed by atoms with Gasteiger partial charge in [0.2, 0.25) is 0 Å². The van der Waals surface area contributed by atoms with E-state index in [1.54, 1.807) is 7.05 Å². The monoisotopic (exact) mass is 253 g/mol. The Bertz CT molecular complexity index is 405. The van der Waals surface area contributed by atoms with Crippen LogP contribution in [0.25, 0.3) is 0 Å². The molecule has 1 unspecified atom stereocenters. The molecule has 1 N–H and O–H groups in total. The van der Waals surface area contributed by atoms with Crippen LogP contribution < -0.4 is 5.32 Å². The number of carbonyl (C=O) groups excluding carboxylic acids is 1.